The fraction of sp³-hybridized carbons (Fsp3) is 0.359. The molecule has 42 heavy (non-hydrogen) atoms. The first-order valence-electron chi connectivity index (χ1n) is 15.2. The molecule has 4 aromatic carbocycles. The van der Waals surface area contributed by atoms with Crippen LogP contribution in [0.5, 0.6) is 5.75 Å². The third-order valence-corrected chi connectivity index (χ3v) is 11.4. The Morgan fingerprint density at radius 1 is 0.738 bits per heavy atom. The monoisotopic (exact) mass is 575 g/mol. The Morgan fingerprint density at radius 2 is 1.31 bits per heavy atom. The van der Waals surface area contributed by atoms with E-state index < -0.39 is 13.3 Å². The van der Waals surface area contributed by atoms with Gasteiger partial charge in [-0.1, -0.05) is 132 Å². The molecule has 1 saturated heterocycles. The first-order chi connectivity index (χ1) is 19.7. The van der Waals surface area contributed by atoms with Gasteiger partial charge in [-0.15, -0.1) is 0 Å². The van der Waals surface area contributed by atoms with E-state index in [1.165, 1.54) is 38.6 Å². The zero-order valence-electron chi connectivity index (χ0n) is 26.8. The first-order valence-corrected chi connectivity index (χ1v) is 16.7. The van der Waals surface area contributed by atoms with Crippen molar-refractivity contribution in [2.75, 3.05) is 6.16 Å². The van der Waals surface area contributed by atoms with Gasteiger partial charge in [0.1, 0.15) is 5.75 Å². The molecule has 0 aliphatic carbocycles. The molecule has 1 N–H and O–H groups in total. The van der Waals surface area contributed by atoms with Crippen molar-refractivity contribution in [1.29, 1.82) is 0 Å². The largest absolute Gasteiger partial charge is 0.507 e. The summed E-state index contributed by atoms with van der Waals surface area (Å²) in [5, 5.41) is 13.7. The third-order valence-electron chi connectivity index (χ3n) is 8.78. The van der Waals surface area contributed by atoms with E-state index in [9.17, 15) is 5.11 Å². The van der Waals surface area contributed by atoms with Gasteiger partial charge in [0, 0.05) is 5.56 Å². The van der Waals surface area contributed by atoms with Gasteiger partial charge in [0.05, 0.1) is 16.6 Å². The standard InChI is InChI=1S/C39H46NOP/c1-26-22-27(2)34(28(3)23-26)40-36-39(29-16-12-10-13-17-29,20-21-42(36)31-18-14-11-15-19-31)33-25-30(37(4,5)6)24-32(35(33)41)38(7,8)9/h10-19,22-25,41H,20-21H2,1-9H3. The maximum Gasteiger partial charge on any atom is 0.123 e. The molecule has 0 aromatic heterocycles. The van der Waals surface area contributed by atoms with E-state index in [1.54, 1.807) is 0 Å². The molecule has 0 bridgehead atoms. The van der Waals surface area contributed by atoms with Crippen molar-refractivity contribution in [2.24, 2.45) is 4.99 Å². The van der Waals surface area contributed by atoms with Crippen molar-refractivity contribution in [2.45, 2.75) is 85.0 Å². The van der Waals surface area contributed by atoms with Gasteiger partial charge < -0.3 is 5.11 Å². The second kappa shape index (κ2) is 11.1. The molecular weight excluding hydrogens is 529 g/mol. The molecule has 5 rings (SSSR count). The molecule has 1 aliphatic rings. The molecule has 1 fully saturated rings. The van der Waals surface area contributed by atoms with Crippen molar-refractivity contribution in [1.82, 2.24) is 0 Å². The summed E-state index contributed by atoms with van der Waals surface area (Å²) in [5.74, 6) is 0.411. The number of aryl methyl sites for hydroxylation is 3. The van der Waals surface area contributed by atoms with Gasteiger partial charge in [-0.2, -0.15) is 0 Å². The van der Waals surface area contributed by atoms with E-state index in [4.69, 9.17) is 4.99 Å². The lowest BCUT2D eigenvalue weighted by atomic mass is 9.69. The molecule has 1 aliphatic heterocycles. The van der Waals surface area contributed by atoms with E-state index in [0.717, 1.165) is 29.4 Å². The van der Waals surface area contributed by atoms with Crippen LogP contribution in [0.3, 0.4) is 0 Å². The maximum absolute atomic E-state index is 12.3. The van der Waals surface area contributed by atoms with Gasteiger partial charge in [0.25, 0.3) is 0 Å². The number of rotatable bonds is 4. The van der Waals surface area contributed by atoms with E-state index in [2.05, 4.69) is 147 Å². The van der Waals surface area contributed by atoms with E-state index in [1.807, 2.05) is 0 Å². The lowest BCUT2D eigenvalue weighted by molar-refractivity contribution is 0.430. The Balaban J connectivity index is 1.94. The number of hydrogen-bond donors (Lipinski definition) is 1. The SMILES string of the molecule is Cc1cc(C)c(N=C2P(c3ccccc3)CCC2(c2ccccc2)c2cc(C(C)(C)C)cc(C(C)(C)C)c2O)c(C)c1. The topological polar surface area (TPSA) is 32.6 Å². The van der Waals surface area contributed by atoms with Crippen LogP contribution in [0.2, 0.25) is 0 Å². The number of hydrogen-bond acceptors (Lipinski definition) is 2. The third kappa shape index (κ3) is 5.47. The number of phenolic OH excluding ortho intramolecular Hbond substituents is 1. The summed E-state index contributed by atoms with van der Waals surface area (Å²) in [4.78, 5) is 5.72. The van der Waals surface area contributed by atoms with Gasteiger partial charge in [0.2, 0.25) is 0 Å². The van der Waals surface area contributed by atoms with Crippen molar-refractivity contribution >= 4 is 24.4 Å². The Labute approximate surface area is 254 Å². The maximum atomic E-state index is 12.3. The van der Waals surface area contributed by atoms with Crippen LogP contribution in [-0.4, -0.2) is 16.7 Å². The highest BCUT2D eigenvalue weighted by Crippen LogP contribution is 2.61. The average molecular weight is 576 g/mol. The summed E-state index contributed by atoms with van der Waals surface area (Å²) < 4.78 is 0. The number of aromatic hydroxyl groups is 1. The smallest absolute Gasteiger partial charge is 0.123 e. The molecule has 4 aromatic rings. The highest BCUT2D eigenvalue weighted by molar-refractivity contribution is 7.82. The normalized spacial score (nSPS) is 20.3. The van der Waals surface area contributed by atoms with Crippen LogP contribution in [0.1, 0.15) is 86.9 Å². The Hall–Kier alpha value is -3.22. The quantitative estimate of drug-likeness (QED) is 0.241. The minimum absolute atomic E-state index is 0.0788. The van der Waals surface area contributed by atoms with E-state index in [-0.39, 0.29) is 10.8 Å². The van der Waals surface area contributed by atoms with Gasteiger partial charge in [-0.25, -0.2) is 0 Å². The molecule has 0 radical (unpaired) electrons. The Kier molecular flexibility index (Phi) is 8.01. The number of aliphatic imine (C=N–C) groups is 1. The van der Waals surface area contributed by atoms with Crippen LogP contribution in [0.15, 0.2) is 89.9 Å². The highest BCUT2D eigenvalue weighted by atomic mass is 31.1. The predicted octanol–water partition coefficient (Wildman–Crippen LogP) is 10.1. The van der Waals surface area contributed by atoms with Crippen LogP contribution >= 0.6 is 7.92 Å². The van der Waals surface area contributed by atoms with Crippen LogP contribution < -0.4 is 5.30 Å². The molecule has 218 valence electrons. The van der Waals surface area contributed by atoms with E-state index in [0.29, 0.717) is 5.75 Å². The Bertz CT molecular complexity index is 1600. The van der Waals surface area contributed by atoms with E-state index >= 15 is 0 Å². The zero-order chi connectivity index (χ0) is 30.4. The van der Waals surface area contributed by atoms with Gasteiger partial charge in [-0.3, -0.25) is 4.99 Å². The van der Waals surface area contributed by atoms with Gasteiger partial charge in [-0.05, 0) is 85.2 Å². The number of nitrogens with zero attached hydrogens (tertiary/aromatic N) is 1. The summed E-state index contributed by atoms with van der Waals surface area (Å²) in [7, 11) is -0.744. The van der Waals surface area contributed by atoms with Crippen LogP contribution in [0.25, 0.3) is 0 Å². The predicted molar refractivity (Wildman–Crippen MR) is 183 cm³/mol. The fourth-order valence-corrected chi connectivity index (χ4v) is 9.42. The number of benzene rings is 4. The second-order valence-electron chi connectivity index (χ2n) is 14.1. The molecular formula is C39H46NOP. The minimum atomic E-state index is -0.744. The lowest BCUT2D eigenvalue weighted by Crippen LogP contribution is -2.34. The molecule has 3 heteroatoms. The molecule has 0 saturated carbocycles. The molecule has 2 atom stereocenters. The summed E-state index contributed by atoms with van der Waals surface area (Å²) in [6, 6.07) is 30.8. The van der Waals surface area contributed by atoms with Gasteiger partial charge in [0.15, 0.2) is 0 Å². The summed E-state index contributed by atoms with van der Waals surface area (Å²) in [6.07, 6.45) is 1.91. The molecule has 1 heterocycles. The van der Waals surface area contributed by atoms with Crippen molar-refractivity contribution < 1.29 is 5.11 Å². The summed E-state index contributed by atoms with van der Waals surface area (Å²) in [6.45, 7) is 19.9. The molecule has 2 nitrogen and oxygen atoms in total. The lowest BCUT2D eigenvalue weighted by Gasteiger charge is -2.37. The molecule has 2 unspecified atom stereocenters. The number of phenols is 1. The van der Waals surface area contributed by atoms with Crippen LogP contribution in [-0.2, 0) is 16.2 Å². The van der Waals surface area contributed by atoms with Gasteiger partial charge >= 0.3 is 0 Å². The summed E-state index contributed by atoms with van der Waals surface area (Å²) in [5.41, 5.74) is 9.47. The van der Waals surface area contributed by atoms with Crippen molar-refractivity contribution in [3.05, 3.63) is 124 Å². The zero-order valence-corrected chi connectivity index (χ0v) is 27.7. The minimum Gasteiger partial charge on any atom is -0.507 e. The summed E-state index contributed by atoms with van der Waals surface area (Å²) >= 11 is 0. The Morgan fingerprint density at radius 3 is 1.86 bits per heavy atom. The highest BCUT2D eigenvalue weighted by Gasteiger charge is 2.51. The van der Waals surface area contributed by atoms with Crippen LogP contribution in [0, 0.1) is 20.8 Å². The van der Waals surface area contributed by atoms with Crippen molar-refractivity contribution in [3.63, 3.8) is 0 Å². The molecule has 0 spiro atoms. The average Bonchev–Trinajstić information content (AvgIpc) is 3.30. The first kappa shape index (κ1) is 30.2. The van der Waals surface area contributed by atoms with Crippen molar-refractivity contribution in [3.8, 4) is 5.75 Å². The second-order valence-corrected chi connectivity index (χ2v) is 16.4. The molecule has 0 amide bonds. The van der Waals surface area contributed by atoms with Crippen LogP contribution in [0.4, 0.5) is 5.69 Å². The fourth-order valence-electron chi connectivity index (χ4n) is 6.57.